The Balaban J connectivity index is 2.01. The smallest absolute Gasteiger partial charge is 0.114 e. The molecule has 1 aliphatic rings. The minimum atomic E-state index is -1.01. The van der Waals surface area contributed by atoms with Crippen LogP contribution in [0.3, 0.4) is 0 Å². The van der Waals surface area contributed by atoms with Crippen LogP contribution in [-0.4, -0.2) is 59.6 Å². The van der Waals surface area contributed by atoms with Crippen LogP contribution >= 0.6 is 0 Å². The zero-order chi connectivity index (χ0) is 17.6. The van der Waals surface area contributed by atoms with Gasteiger partial charge >= 0.3 is 0 Å². The Morgan fingerprint density at radius 3 is 2.46 bits per heavy atom. The van der Waals surface area contributed by atoms with Crippen LogP contribution in [0.15, 0.2) is 12.2 Å². The summed E-state index contributed by atoms with van der Waals surface area (Å²) in [6, 6.07) is 0. The molecule has 0 unspecified atom stereocenters. The lowest BCUT2D eigenvalue weighted by atomic mass is 10.1. The van der Waals surface area contributed by atoms with Gasteiger partial charge in [-0.1, -0.05) is 51.2 Å². The summed E-state index contributed by atoms with van der Waals surface area (Å²) in [4.78, 5) is 0. The summed E-state index contributed by atoms with van der Waals surface area (Å²) in [5, 5.41) is 28.5. The van der Waals surface area contributed by atoms with E-state index in [0.717, 1.165) is 19.3 Å². The third-order valence-corrected chi connectivity index (χ3v) is 4.45. The maximum absolute atomic E-state index is 9.82. The summed E-state index contributed by atoms with van der Waals surface area (Å²) >= 11 is 0. The van der Waals surface area contributed by atoms with E-state index in [1.807, 2.05) is 0 Å². The van der Waals surface area contributed by atoms with Gasteiger partial charge in [0.05, 0.1) is 13.2 Å². The predicted molar refractivity (Wildman–Crippen MR) is 94.9 cm³/mol. The molecule has 0 amide bonds. The van der Waals surface area contributed by atoms with Gasteiger partial charge < -0.3 is 24.8 Å². The number of hydrogen-bond acceptors (Lipinski definition) is 5. The van der Waals surface area contributed by atoms with Crippen molar-refractivity contribution < 1.29 is 24.8 Å². The Morgan fingerprint density at radius 2 is 1.75 bits per heavy atom. The maximum Gasteiger partial charge on any atom is 0.114 e. The third kappa shape index (κ3) is 8.58. The van der Waals surface area contributed by atoms with E-state index in [4.69, 9.17) is 14.6 Å². The third-order valence-electron chi connectivity index (χ3n) is 4.45. The highest BCUT2D eigenvalue weighted by Gasteiger charge is 2.40. The van der Waals surface area contributed by atoms with Crippen LogP contribution in [0.1, 0.15) is 64.7 Å². The fourth-order valence-corrected chi connectivity index (χ4v) is 2.96. The van der Waals surface area contributed by atoms with Gasteiger partial charge in [0.2, 0.25) is 0 Å². The zero-order valence-corrected chi connectivity index (χ0v) is 15.1. The van der Waals surface area contributed by atoms with Crippen molar-refractivity contribution in [2.45, 2.75) is 89.1 Å². The van der Waals surface area contributed by atoms with E-state index in [9.17, 15) is 10.2 Å². The number of ether oxygens (including phenoxy) is 2. The number of aliphatic hydroxyl groups excluding tert-OH is 3. The first kappa shape index (κ1) is 21.6. The summed E-state index contributed by atoms with van der Waals surface area (Å²) in [5.41, 5.74) is 0. The number of allylic oxidation sites excluding steroid dienone is 2. The van der Waals surface area contributed by atoms with E-state index in [1.54, 1.807) is 0 Å². The minimum Gasteiger partial charge on any atom is -0.394 e. The molecule has 0 spiro atoms. The molecule has 0 aliphatic carbocycles. The first-order chi connectivity index (χ1) is 11.7. The first-order valence-corrected chi connectivity index (χ1v) is 9.55. The van der Waals surface area contributed by atoms with Crippen molar-refractivity contribution in [2.75, 3.05) is 19.8 Å². The Kier molecular flexibility index (Phi) is 12.4. The average Bonchev–Trinajstić information content (AvgIpc) is 2.96. The minimum absolute atomic E-state index is 0.143. The van der Waals surface area contributed by atoms with Gasteiger partial charge in [-0.15, -0.1) is 0 Å². The Hall–Kier alpha value is -0.460. The molecule has 5 nitrogen and oxygen atoms in total. The molecular weight excluding hydrogens is 308 g/mol. The van der Waals surface area contributed by atoms with Crippen molar-refractivity contribution in [3.05, 3.63) is 12.2 Å². The highest BCUT2D eigenvalue weighted by Crippen LogP contribution is 2.21. The summed E-state index contributed by atoms with van der Waals surface area (Å²) in [5.74, 6) is 0. The van der Waals surface area contributed by atoms with Crippen LogP contribution in [0, 0.1) is 0 Å². The molecule has 4 atom stereocenters. The van der Waals surface area contributed by atoms with Crippen molar-refractivity contribution in [1.82, 2.24) is 0 Å². The molecule has 0 radical (unpaired) electrons. The zero-order valence-electron chi connectivity index (χ0n) is 15.1. The molecule has 5 heteroatoms. The lowest BCUT2D eigenvalue weighted by Gasteiger charge is -2.23. The van der Waals surface area contributed by atoms with Crippen molar-refractivity contribution in [1.29, 1.82) is 0 Å². The fraction of sp³-hybridized carbons (Fsp3) is 0.895. The Morgan fingerprint density at radius 1 is 1.08 bits per heavy atom. The van der Waals surface area contributed by atoms with E-state index < -0.39 is 31.0 Å². The molecule has 1 fully saturated rings. The van der Waals surface area contributed by atoms with Crippen LogP contribution in [0.5, 0.6) is 0 Å². The molecular formula is C19H36O5. The molecule has 0 bridgehead atoms. The molecule has 1 aliphatic heterocycles. The van der Waals surface area contributed by atoms with Gasteiger partial charge in [0.25, 0.3) is 0 Å². The molecule has 0 saturated carbocycles. The predicted octanol–water partition coefficient (Wildman–Crippen LogP) is 2.57. The molecule has 1 rings (SSSR count). The van der Waals surface area contributed by atoms with Gasteiger partial charge in [0.15, 0.2) is 0 Å². The van der Waals surface area contributed by atoms with Crippen LogP contribution in [0.2, 0.25) is 0 Å². The lowest BCUT2D eigenvalue weighted by Crippen LogP contribution is -2.42. The van der Waals surface area contributed by atoms with Gasteiger partial charge in [-0.2, -0.15) is 0 Å². The molecule has 0 aromatic heterocycles. The topological polar surface area (TPSA) is 79.2 Å². The van der Waals surface area contributed by atoms with Crippen LogP contribution in [0.25, 0.3) is 0 Å². The second-order valence-electron chi connectivity index (χ2n) is 6.62. The summed E-state index contributed by atoms with van der Waals surface area (Å²) in [7, 11) is 0. The van der Waals surface area contributed by atoms with Crippen LogP contribution < -0.4 is 0 Å². The van der Waals surface area contributed by atoms with Crippen molar-refractivity contribution in [3.63, 3.8) is 0 Å². The number of unbranched alkanes of at least 4 members (excludes halogenated alkanes) is 7. The van der Waals surface area contributed by atoms with E-state index >= 15 is 0 Å². The van der Waals surface area contributed by atoms with Crippen molar-refractivity contribution >= 4 is 0 Å². The van der Waals surface area contributed by atoms with E-state index in [-0.39, 0.29) is 6.61 Å². The molecule has 0 aromatic rings. The van der Waals surface area contributed by atoms with Gasteiger partial charge in [-0.05, 0) is 25.7 Å². The van der Waals surface area contributed by atoms with E-state index in [1.165, 1.54) is 38.5 Å². The molecule has 1 saturated heterocycles. The van der Waals surface area contributed by atoms with Gasteiger partial charge in [-0.3, -0.25) is 0 Å². The second kappa shape index (κ2) is 13.8. The molecule has 24 heavy (non-hydrogen) atoms. The standard InChI is InChI=1S/C19H36O5/c1-2-3-4-5-6-7-8-9-10-11-12-13-23-19-17(22)15-24-18(19)16(21)14-20/h9-10,16-22H,2-8,11-15H2,1H3/b10-9+/t16-,17+,18-,19-/m1/s1. The fourth-order valence-electron chi connectivity index (χ4n) is 2.96. The first-order valence-electron chi connectivity index (χ1n) is 9.55. The van der Waals surface area contributed by atoms with Gasteiger partial charge in [0.1, 0.15) is 24.4 Å². The van der Waals surface area contributed by atoms with Gasteiger partial charge in [0, 0.05) is 6.61 Å². The summed E-state index contributed by atoms with van der Waals surface area (Å²) in [6.45, 7) is 2.51. The quantitative estimate of drug-likeness (QED) is 0.333. The summed E-state index contributed by atoms with van der Waals surface area (Å²) < 4.78 is 10.9. The summed E-state index contributed by atoms with van der Waals surface area (Å²) in [6.07, 6.45) is 12.4. The number of rotatable bonds is 14. The lowest BCUT2D eigenvalue weighted by molar-refractivity contribution is -0.0935. The van der Waals surface area contributed by atoms with Crippen LogP contribution in [-0.2, 0) is 9.47 Å². The number of aliphatic hydroxyl groups is 3. The molecule has 142 valence electrons. The van der Waals surface area contributed by atoms with E-state index in [0.29, 0.717) is 6.61 Å². The van der Waals surface area contributed by atoms with Crippen molar-refractivity contribution in [2.24, 2.45) is 0 Å². The normalized spacial score (nSPS) is 25.6. The Bertz CT molecular complexity index is 321. The largest absolute Gasteiger partial charge is 0.394 e. The maximum atomic E-state index is 9.82. The second-order valence-corrected chi connectivity index (χ2v) is 6.62. The monoisotopic (exact) mass is 344 g/mol. The molecule has 0 aromatic carbocycles. The number of hydrogen-bond donors (Lipinski definition) is 3. The highest BCUT2D eigenvalue weighted by atomic mass is 16.6. The highest BCUT2D eigenvalue weighted by molar-refractivity contribution is 4.89. The van der Waals surface area contributed by atoms with Crippen LogP contribution in [0.4, 0.5) is 0 Å². The molecule has 3 N–H and O–H groups in total. The molecule has 1 heterocycles. The van der Waals surface area contributed by atoms with Crippen molar-refractivity contribution in [3.8, 4) is 0 Å². The average molecular weight is 344 g/mol. The Labute approximate surface area is 146 Å². The van der Waals surface area contributed by atoms with E-state index in [2.05, 4.69) is 19.1 Å². The van der Waals surface area contributed by atoms with Gasteiger partial charge in [-0.25, -0.2) is 0 Å². The SMILES string of the molecule is CCCCCCCC/C=C/CCCO[C@H]1[C@@H]([C@H](O)CO)OC[C@@H]1O.